The molecule has 0 unspecified atom stereocenters. The second-order valence-corrected chi connectivity index (χ2v) is 26.9. The Hall–Kier alpha value is -4.65. The summed E-state index contributed by atoms with van der Waals surface area (Å²) in [4.78, 5) is 108. The number of carbonyl (C=O) groups excluding carboxylic acids is 5. The van der Waals surface area contributed by atoms with Crippen molar-refractivity contribution in [3.8, 4) is 23.3 Å². The van der Waals surface area contributed by atoms with E-state index < -0.39 is 12.2 Å². The van der Waals surface area contributed by atoms with Gasteiger partial charge in [-0.15, -0.1) is 0 Å². The van der Waals surface area contributed by atoms with Crippen molar-refractivity contribution >= 4 is 180 Å². The zero-order valence-corrected chi connectivity index (χ0v) is 51.7. The van der Waals surface area contributed by atoms with Gasteiger partial charge in [0, 0.05) is 83.1 Å². The third kappa shape index (κ3) is 17.2. The Kier molecular flexibility index (Phi) is 26.6. The van der Waals surface area contributed by atoms with Crippen molar-refractivity contribution in [3.63, 3.8) is 0 Å². The molecule has 4 amide bonds. The van der Waals surface area contributed by atoms with Crippen LogP contribution in [0.25, 0.3) is 22.3 Å². The van der Waals surface area contributed by atoms with E-state index in [2.05, 4.69) is 123 Å². The fourth-order valence-electron chi connectivity index (χ4n) is 6.81. The average molecular weight is 1580 g/mol. The molecule has 407 valence electrons. The number of halogens is 4. The van der Waals surface area contributed by atoms with Gasteiger partial charge in [-0.3, -0.25) is 42.9 Å². The Morgan fingerprint density at radius 2 is 1.17 bits per heavy atom. The number of anilines is 4. The Morgan fingerprint density at radius 1 is 0.711 bits per heavy atom. The summed E-state index contributed by atoms with van der Waals surface area (Å²) < 4.78 is 34.3. The first-order chi connectivity index (χ1) is 35.8. The fourth-order valence-corrected chi connectivity index (χ4v) is 6.81. The van der Waals surface area contributed by atoms with E-state index in [4.69, 9.17) is 34.2 Å². The molecule has 0 bridgehead atoms. The summed E-state index contributed by atoms with van der Waals surface area (Å²) >= 11 is 8.98. The molecule has 4 aliphatic rings. The van der Waals surface area contributed by atoms with E-state index in [1.165, 1.54) is 43.5 Å². The van der Waals surface area contributed by atoms with Gasteiger partial charge in [0.1, 0.15) is 48.1 Å². The SMILES string of the molecule is Cn1c(=O)ccc2ncc(OCC=O)nc21.Cn1c(=O)ccc2ncc(OCCNC[C@H]3CN(c4ccc5c(n4)NC(=O)CO5)C(=O)O3)nc21.II.NC[C@H]1CN(c2ccc3c(n2)NC(=O)CO3)C(=O)O1.S.S.[I][V][I]. The van der Waals surface area contributed by atoms with Crippen LogP contribution in [0.2, 0.25) is 0 Å². The molecule has 34 heteroatoms. The fraction of sp³-hybridized carbons (Fsp3) is 0.310. The van der Waals surface area contributed by atoms with Gasteiger partial charge in [0.05, 0.1) is 25.5 Å². The number of fused-ring (bicyclic) bond motifs is 4. The van der Waals surface area contributed by atoms with Crippen molar-refractivity contribution in [2.75, 3.05) is 79.6 Å². The van der Waals surface area contributed by atoms with Gasteiger partial charge in [0.2, 0.25) is 11.8 Å². The van der Waals surface area contributed by atoms with Crippen LogP contribution in [0.4, 0.5) is 32.9 Å². The molecule has 6 aromatic rings. The molecule has 2 saturated heterocycles. The number of carbonyl (C=O) groups is 5. The summed E-state index contributed by atoms with van der Waals surface area (Å²) in [7, 11) is 3.85. The number of pyridine rings is 4. The van der Waals surface area contributed by atoms with Crippen molar-refractivity contribution in [2.24, 2.45) is 19.8 Å². The summed E-state index contributed by atoms with van der Waals surface area (Å²) in [5.74, 6) is 2.22. The van der Waals surface area contributed by atoms with Crippen molar-refractivity contribution in [2.45, 2.75) is 12.2 Å². The van der Waals surface area contributed by atoms with E-state index in [0.717, 1.165) is 0 Å². The standard InChI is InChI=1S/C21H21N7O6.C11H12N4O4.C10H9N3O3.I2.2HI.2H2S.V/c1-27-18(30)5-2-13-20(27)26-17(9-23-13)32-7-6-22-8-12-10-28(21(31)34-12)15-4-3-14-19(24-15)25-16(29)11-33-14;12-3-6-4-15(11(17)19-6)8-2-1-7-10(13-8)14-9(16)5-18-7;1-13-9(15)3-2-7-10(13)12-8(6-11-7)16-5-4-14;1-2;;;;;/h2-5,9,12,22H,6-8,10-11H2,1H3,(H,24,25,29);1-2,6H,3-5,12H2,(H,13,14,16);2-4,6H,5H2,1H3;;2*1H;2*1H2;/q;;;;;;;;+2/p-2/t12-;6-;;;;;;;/m00......./s1. The number of aldehydes is 1. The molecule has 76 heavy (non-hydrogen) atoms. The molecule has 27 nitrogen and oxygen atoms in total. The summed E-state index contributed by atoms with van der Waals surface area (Å²) in [6, 6.07) is 12.6. The van der Waals surface area contributed by atoms with Crippen LogP contribution in [0, 0.1) is 0 Å². The van der Waals surface area contributed by atoms with Gasteiger partial charge in [-0.25, -0.2) is 29.5 Å². The van der Waals surface area contributed by atoms with Crippen molar-refractivity contribution < 1.29 is 61.9 Å². The molecular weight excluding hydrogens is 1530 g/mol. The van der Waals surface area contributed by atoms with Crippen LogP contribution in [0.5, 0.6) is 23.3 Å². The molecule has 2 fully saturated rings. The van der Waals surface area contributed by atoms with Crippen LogP contribution in [-0.2, 0) is 47.4 Å². The van der Waals surface area contributed by atoms with E-state index >= 15 is 0 Å². The molecule has 4 aliphatic heterocycles. The number of hydrogen-bond donors (Lipinski definition) is 4. The second-order valence-electron chi connectivity index (χ2n) is 15.1. The second kappa shape index (κ2) is 31.7. The summed E-state index contributed by atoms with van der Waals surface area (Å²) in [5.41, 5.74) is 7.18. The first kappa shape index (κ1) is 63.9. The molecule has 0 saturated carbocycles. The number of nitrogens with one attached hydrogen (secondary N) is 3. The Morgan fingerprint density at radius 3 is 1.63 bits per heavy atom. The quantitative estimate of drug-likeness (QED) is 0.0775. The Balaban J connectivity index is 0.000000252. The minimum absolute atomic E-state index is 0. The van der Waals surface area contributed by atoms with Gasteiger partial charge in [0.15, 0.2) is 53.9 Å². The summed E-state index contributed by atoms with van der Waals surface area (Å²) in [6.45, 7) is 1.91. The van der Waals surface area contributed by atoms with Crippen molar-refractivity contribution in [3.05, 3.63) is 81.6 Å². The predicted octanol–water partition coefficient (Wildman–Crippen LogP) is 3.42. The number of nitrogens with two attached hydrogens (primary N) is 1. The topological polar surface area (TPSA) is 331 Å². The first-order valence-electron chi connectivity index (χ1n) is 21.4. The molecule has 0 aliphatic carbocycles. The third-order valence-corrected chi connectivity index (χ3v) is 10.3. The monoisotopic (exact) mass is 1580 g/mol. The minimum atomic E-state index is -0.518. The number of aromatic nitrogens is 8. The van der Waals surface area contributed by atoms with Gasteiger partial charge in [-0.1, -0.05) is 0 Å². The predicted molar refractivity (Wildman–Crippen MR) is 317 cm³/mol. The number of cyclic esters (lactones) is 2. The zero-order valence-electron chi connectivity index (χ0n) is 39.7. The van der Waals surface area contributed by atoms with Crippen LogP contribution in [0.3, 0.4) is 0 Å². The average Bonchev–Trinajstić information content (AvgIpc) is 3.99. The van der Waals surface area contributed by atoms with Gasteiger partial charge in [-0.05, 0) is 36.4 Å². The molecular formula is C42H46I4N14O13S2V. The summed E-state index contributed by atoms with van der Waals surface area (Å²) in [6.07, 6.45) is 1.80. The number of ether oxygens (including phenoxy) is 6. The van der Waals surface area contributed by atoms with Gasteiger partial charge >= 0.3 is 61.6 Å². The molecule has 10 heterocycles. The molecule has 2 atom stereocenters. The van der Waals surface area contributed by atoms with E-state index in [9.17, 15) is 33.6 Å². The van der Waals surface area contributed by atoms with E-state index in [1.807, 2.05) is 0 Å². The Labute approximate surface area is 497 Å². The van der Waals surface area contributed by atoms with Crippen molar-refractivity contribution in [1.82, 2.24) is 44.4 Å². The summed E-state index contributed by atoms with van der Waals surface area (Å²) in [5, 5.41) is 8.38. The maximum atomic E-state index is 12.3. The van der Waals surface area contributed by atoms with E-state index in [0.29, 0.717) is 106 Å². The normalized spacial score (nSPS) is 15.5. The number of aryl methyl sites for hydroxylation is 2. The number of hydrogen-bond acceptors (Lipinski definition) is 21. The Bertz CT molecular complexity index is 3140. The third-order valence-electron chi connectivity index (χ3n) is 10.3. The van der Waals surface area contributed by atoms with Crippen molar-refractivity contribution in [1.29, 1.82) is 0 Å². The van der Waals surface area contributed by atoms with E-state index in [1.54, 1.807) is 50.5 Å². The molecule has 0 spiro atoms. The zero-order chi connectivity index (χ0) is 53.3. The number of nitrogens with zero attached hydrogens (tertiary/aromatic N) is 10. The molecule has 0 aromatic carbocycles. The van der Waals surface area contributed by atoms with Gasteiger partial charge in [0.25, 0.3) is 22.9 Å². The van der Waals surface area contributed by atoms with Gasteiger partial charge < -0.3 is 50.1 Å². The van der Waals surface area contributed by atoms with Crippen LogP contribution >= 0.6 is 104 Å². The van der Waals surface area contributed by atoms with Gasteiger partial charge in [-0.2, -0.15) is 37.0 Å². The first-order valence-corrected chi connectivity index (χ1v) is 36.7. The molecule has 5 N–H and O–H groups in total. The van der Waals surface area contributed by atoms with Crippen LogP contribution < -0.4 is 61.5 Å². The van der Waals surface area contributed by atoms with Crippen LogP contribution in [-0.4, -0.2) is 141 Å². The molecule has 0 radical (unpaired) electrons. The van der Waals surface area contributed by atoms with Crippen LogP contribution in [0.1, 0.15) is 0 Å². The molecule has 10 rings (SSSR count). The number of amides is 4. The molecule has 6 aromatic heterocycles. The van der Waals surface area contributed by atoms with E-state index in [-0.39, 0.29) is 100 Å². The maximum absolute atomic E-state index is 12.3. The van der Waals surface area contributed by atoms with Crippen LogP contribution in [0.15, 0.2) is 70.5 Å². The number of rotatable bonds is 12.